The van der Waals surface area contributed by atoms with Gasteiger partial charge in [0.25, 0.3) is 0 Å². The SMILES string of the molecule is Cc1ccc(S(=O)(=O)Cn2nnnc2C)cc1. The number of sulfone groups is 1. The lowest BCUT2D eigenvalue weighted by molar-refractivity contribution is 0.567. The molecule has 0 aliphatic heterocycles. The smallest absolute Gasteiger partial charge is 0.198 e. The molecule has 0 amide bonds. The zero-order valence-corrected chi connectivity index (χ0v) is 10.3. The zero-order chi connectivity index (χ0) is 12.5. The molecule has 0 saturated heterocycles. The molecule has 0 radical (unpaired) electrons. The van der Waals surface area contributed by atoms with Crippen LogP contribution in [0, 0.1) is 13.8 Å². The molecule has 1 aromatic carbocycles. The van der Waals surface area contributed by atoms with Gasteiger partial charge in [0.1, 0.15) is 5.82 Å². The third-order valence-electron chi connectivity index (χ3n) is 2.38. The van der Waals surface area contributed by atoms with Crippen molar-refractivity contribution >= 4 is 9.84 Å². The monoisotopic (exact) mass is 252 g/mol. The van der Waals surface area contributed by atoms with Crippen molar-refractivity contribution in [1.82, 2.24) is 20.2 Å². The van der Waals surface area contributed by atoms with E-state index in [1.807, 2.05) is 6.92 Å². The minimum absolute atomic E-state index is 0.241. The highest BCUT2D eigenvalue weighted by Crippen LogP contribution is 2.13. The highest BCUT2D eigenvalue weighted by molar-refractivity contribution is 7.90. The van der Waals surface area contributed by atoms with Crippen LogP contribution in [0.25, 0.3) is 0 Å². The molecule has 0 aliphatic rings. The van der Waals surface area contributed by atoms with E-state index in [2.05, 4.69) is 15.5 Å². The second-order valence-electron chi connectivity index (χ2n) is 3.78. The van der Waals surface area contributed by atoms with Crippen LogP contribution in [0.15, 0.2) is 29.2 Å². The summed E-state index contributed by atoms with van der Waals surface area (Å²) in [6, 6.07) is 6.70. The molecule has 0 fully saturated rings. The molecule has 0 spiro atoms. The van der Waals surface area contributed by atoms with Gasteiger partial charge in [-0.05, 0) is 36.4 Å². The minimum Gasteiger partial charge on any atom is -0.222 e. The van der Waals surface area contributed by atoms with Crippen molar-refractivity contribution in [3.8, 4) is 0 Å². The number of rotatable bonds is 3. The van der Waals surface area contributed by atoms with Crippen molar-refractivity contribution in [1.29, 1.82) is 0 Å². The lowest BCUT2D eigenvalue weighted by Crippen LogP contribution is -2.14. The predicted molar refractivity (Wildman–Crippen MR) is 60.9 cm³/mol. The van der Waals surface area contributed by atoms with Crippen LogP contribution in [0.5, 0.6) is 0 Å². The molecule has 0 saturated carbocycles. The summed E-state index contributed by atoms with van der Waals surface area (Å²) in [5.74, 6) is 0.232. The van der Waals surface area contributed by atoms with Gasteiger partial charge in [0, 0.05) is 0 Å². The Bertz CT molecular complexity index is 616. The first-order valence-corrected chi connectivity index (χ1v) is 6.66. The molecule has 0 aliphatic carbocycles. The fourth-order valence-corrected chi connectivity index (χ4v) is 2.61. The van der Waals surface area contributed by atoms with Gasteiger partial charge in [-0.1, -0.05) is 17.7 Å². The number of hydrogen-bond donors (Lipinski definition) is 0. The second kappa shape index (κ2) is 4.25. The van der Waals surface area contributed by atoms with E-state index in [-0.39, 0.29) is 10.8 Å². The van der Waals surface area contributed by atoms with E-state index in [9.17, 15) is 8.42 Å². The summed E-state index contributed by atoms with van der Waals surface area (Å²) in [6.45, 7) is 3.56. The Morgan fingerprint density at radius 1 is 1.18 bits per heavy atom. The molecule has 0 bridgehead atoms. The minimum atomic E-state index is -3.40. The summed E-state index contributed by atoms with van der Waals surface area (Å²) >= 11 is 0. The number of nitrogens with zero attached hydrogens (tertiary/aromatic N) is 4. The van der Waals surface area contributed by atoms with Gasteiger partial charge in [0.15, 0.2) is 15.7 Å². The molecule has 1 heterocycles. The molecule has 0 unspecified atom stereocenters. The Labute approximate surface area is 99.2 Å². The zero-order valence-electron chi connectivity index (χ0n) is 9.53. The number of benzene rings is 1. The predicted octanol–water partition coefficient (Wildman–Crippen LogP) is 0.721. The van der Waals surface area contributed by atoms with Crippen LogP contribution >= 0.6 is 0 Å². The van der Waals surface area contributed by atoms with E-state index >= 15 is 0 Å². The average Bonchev–Trinajstić information content (AvgIpc) is 2.64. The number of aromatic nitrogens is 4. The topological polar surface area (TPSA) is 77.7 Å². The highest BCUT2D eigenvalue weighted by atomic mass is 32.2. The molecule has 90 valence electrons. The van der Waals surface area contributed by atoms with E-state index in [0.717, 1.165) is 5.56 Å². The van der Waals surface area contributed by atoms with Gasteiger partial charge in [-0.2, -0.15) is 0 Å². The van der Waals surface area contributed by atoms with Crippen molar-refractivity contribution < 1.29 is 8.42 Å². The van der Waals surface area contributed by atoms with Crippen molar-refractivity contribution in [3.05, 3.63) is 35.7 Å². The van der Waals surface area contributed by atoms with E-state index in [4.69, 9.17) is 0 Å². The van der Waals surface area contributed by atoms with Gasteiger partial charge in [-0.25, -0.2) is 13.1 Å². The first kappa shape index (κ1) is 11.7. The molecule has 17 heavy (non-hydrogen) atoms. The van der Waals surface area contributed by atoms with E-state index in [1.165, 1.54) is 4.68 Å². The number of hydrogen-bond acceptors (Lipinski definition) is 5. The van der Waals surface area contributed by atoms with Crippen LogP contribution in [-0.4, -0.2) is 28.6 Å². The second-order valence-corrected chi connectivity index (χ2v) is 5.74. The molecule has 2 rings (SSSR count). The highest BCUT2D eigenvalue weighted by Gasteiger charge is 2.17. The average molecular weight is 252 g/mol. The summed E-state index contributed by atoms with van der Waals surface area (Å²) in [5.41, 5.74) is 1.02. The van der Waals surface area contributed by atoms with Gasteiger partial charge in [-0.3, -0.25) is 0 Å². The molecule has 2 aromatic rings. The largest absolute Gasteiger partial charge is 0.222 e. The maximum atomic E-state index is 12.0. The van der Waals surface area contributed by atoms with E-state index in [0.29, 0.717) is 5.82 Å². The van der Waals surface area contributed by atoms with Crippen molar-refractivity contribution in [2.45, 2.75) is 24.6 Å². The fraction of sp³-hybridized carbons (Fsp3) is 0.300. The molecular formula is C10H12N4O2S. The maximum absolute atomic E-state index is 12.0. The standard InChI is InChI=1S/C10H12N4O2S/c1-8-3-5-10(6-4-8)17(15,16)7-14-9(2)11-12-13-14/h3-6H,7H2,1-2H3. The Kier molecular flexibility index (Phi) is 2.93. The van der Waals surface area contributed by atoms with Crippen LogP contribution in [0.4, 0.5) is 0 Å². The number of aryl methyl sites for hydroxylation is 2. The lowest BCUT2D eigenvalue weighted by Gasteiger charge is -2.05. The van der Waals surface area contributed by atoms with Crippen LogP contribution < -0.4 is 0 Å². The summed E-state index contributed by atoms with van der Waals surface area (Å²) in [4.78, 5) is 0.276. The quantitative estimate of drug-likeness (QED) is 0.804. The first-order valence-electron chi connectivity index (χ1n) is 5.01. The Morgan fingerprint density at radius 3 is 2.35 bits per heavy atom. The van der Waals surface area contributed by atoms with Gasteiger partial charge < -0.3 is 0 Å². The Morgan fingerprint density at radius 2 is 1.82 bits per heavy atom. The Balaban J connectivity index is 2.31. The van der Waals surface area contributed by atoms with E-state index < -0.39 is 9.84 Å². The van der Waals surface area contributed by atoms with Crippen molar-refractivity contribution in [3.63, 3.8) is 0 Å². The fourth-order valence-electron chi connectivity index (χ4n) is 1.35. The first-order chi connectivity index (χ1) is 7.99. The van der Waals surface area contributed by atoms with E-state index in [1.54, 1.807) is 31.2 Å². The van der Waals surface area contributed by atoms with Crippen LogP contribution in [0.2, 0.25) is 0 Å². The van der Waals surface area contributed by atoms with Crippen LogP contribution in [-0.2, 0) is 15.7 Å². The molecule has 7 heteroatoms. The third-order valence-corrected chi connectivity index (χ3v) is 3.96. The van der Waals surface area contributed by atoms with Gasteiger partial charge >= 0.3 is 0 Å². The van der Waals surface area contributed by atoms with Crippen LogP contribution in [0.3, 0.4) is 0 Å². The van der Waals surface area contributed by atoms with Gasteiger partial charge in [0.05, 0.1) is 4.90 Å². The maximum Gasteiger partial charge on any atom is 0.198 e. The normalized spacial score (nSPS) is 11.6. The van der Waals surface area contributed by atoms with Crippen molar-refractivity contribution in [2.24, 2.45) is 0 Å². The summed E-state index contributed by atoms with van der Waals surface area (Å²) in [7, 11) is -3.40. The summed E-state index contributed by atoms with van der Waals surface area (Å²) < 4.78 is 25.4. The summed E-state index contributed by atoms with van der Waals surface area (Å²) in [6.07, 6.45) is 0. The van der Waals surface area contributed by atoms with Gasteiger partial charge in [-0.15, -0.1) is 5.10 Å². The molecule has 6 nitrogen and oxygen atoms in total. The molecule has 0 atom stereocenters. The summed E-state index contributed by atoms with van der Waals surface area (Å²) in [5, 5.41) is 10.7. The van der Waals surface area contributed by atoms with Crippen molar-refractivity contribution in [2.75, 3.05) is 0 Å². The lowest BCUT2D eigenvalue weighted by atomic mass is 10.2. The third kappa shape index (κ3) is 2.50. The van der Waals surface area contributed by atoms with Gasteiger partial charge in [0.2, 0.25) is 0 Å². The molecule has 0 N–H and O–H groups in total. The number of tetrazole rings is 1. The molecule has 1 aromatic heterocycles. The molecular weight excluding hydrogens is 240 g/mol. The van der Waals surface area contributed by atoms with Crippen LogP contribution in [0.1, 0.15) is 11.4 Å². The Hall–Kier alpha value is -1.76.